The number of hydrogen-bond acceptors (Lipinski definition) is 4. The van der Waals surface area contributed by atoms with Crippen LogP contribution in [-0.2, 0) is 27.9 Å². The molecule has 1 saturated carbocycles. The molecule has 6 nitrogen and oxygen atoms in total. The number of pyridine rings is 1. The van der Waals surface area contributed by atoms with E-state index in [4.69, 9.17) is 0 Å². The predicted octanol–water partition coefficient (Wildman–Crippen LogP) is 4.70. The van der Waals surface area contributed by atoms with Crippen LogP contribution in [0.15, 0.2) is 84.0 Å². The van der Waals surface area contributed by atoms with Crippen LogP contribution in [0.2, 0.25) is 0 Å². The number of amides is 1. The highest BCUT2D eigenvalue weighted by molar-refractivity contribution is 7.89. The molecule has 2 aromatic carbocycles. The molecule has 1 N–H and O–H groups in total. The van der Waals surface area contributed by atoms with Crippen LogP contribution < -0.4 is 5.32 Å². The summed E-state index contributed by atoms with van der Waals surface area (Å²) in [5.74, 6) is 0.294. The van der Waals surface area contributed by atoms with Crippen LogP contribution in [0.5, 0.6) is 0 Å². The van der Waals surface area contributed by atoms with Gasteiger partial charge in [-0.15, -0.1) is 0 Å². The highest BCUT2D eigenvalue weighted by Crippen LogP contribution is 2.31. The van der Waals surface area contributed by atoms with Gasteiger partial charge in [-0.2, -0.15) is 4.31 Å². The Morgan fingerprint density at radius 2 is 1.57 bits per heavy atom. The summed E-state index contributed by atoms with van der Waals surface area (Å²) in [5, 5.41) is 3.07. The summed E-state index contributed by atoms with van der Waals surface area (Å²) in [7, 11) is -3.64. The fourth-order valence-corrected chi connectivity index (χ4v) is 6.14. The van der Waals surface area contributed by atoms with Crippen LogP contribution in [0.1, 0.15) is 42.4 Å². The van der Waals surface area contributed by atoms with Gasteiger partial charge in [-0.1, -0.05) is 48.0 Å². The molecule has 35 heavy (non-hydrogen) atoms. The van der Waals surface area contributed by atoms with Crippen molar-refractivity contribution in [2.75, 3.05) is 6.54 Å². The van der Waals surface area contributed by atoms with E-state index in [-0.39, 0.29) is 17.7 Å². The largest absolute Gasteiger partial charge is 0.352 e. The Bertz CT molecular complexity index is 1190. The molecular weight excluding hydrogens is 458 g/mol. The first-order valence-corrected chi connectivity index (χ1v) is 13.6. The molecule has 0 unspecified atom stereocenters. The molecule has 1 aliphatic rings. The molecule has 0 bridgehead atoms. The number of hydrogen-bond donors (Lipinski definition) is 1. The smallest absolute Gasteiger partial charge is 0.243 e. The van der Waals surface area contributed by atoms with Gasteiger partial charge in [-0.05, 0) is 73.9 Å². The first-order valence-electron chi connectivity index (χ1n) is 12.2. The lowest BCUT2D eigenvalue weighted by Crippen LogP contribution is -2.38. The van der Waals surface area contributed by atoms with E-state index in [0.717, 1.165) is 36.8 Å². The number of nitrogens with one attached hydrogen (secondary N) is 1. The zero-order valence-electron chi connectivity index (χ0n) is 20.1. The average Bonchev–Trinajstić information content (AvgIpc) is 2.89. The van der Waals surface area contributed by atoms with Crippen molar-refractivity contribution in [1.29, 1.82) is 0 Å². The molecule has 1 fully saturated rings. The van der Waals surface area contributed by atoms with Crippen molar-refractivity contribution in [1.82, 2.24) is 14.6 Å². The molecule has 3 aromatic rings. The van der Waals surface area contributed by atoms with Crippen LogP contribution in [0.25, 0.3) is 0 Å². The lowest BCUT2D eigenvalue weighted by Gasteiger charge is -2.32. The summed E-state index contributed by atoms with van der Waals surface area (Å²) in [6.45, 7) is 3.33. The maximum atomic E-state index is 13.5. The summed E-state index contributed by atoms with van der Waals surface area (Å²) in [6, 6.07) is 20.5. The molecule has 7 heteroatoms. The summed E-state index contributed by atoms with van der Waals surface area (Å²) < 4.78 is 28.5. The van der Waals surface area contributed by atoms with E-state index < -0.39 is 10.0 Å². The Morgan fingerprint density at radius 1 is 0.914 bits per heavy atom. The van der Waals surface area contributed by atoms with Crippen LogP contribution in [0.4, 0.5) is 0 Å². The maximum Gasteiger partial charge on any atom is 0.243 e. The van der Waals surface area contributed by atoms with Gasteiger partial charge in [0.1, 0.15) is 0 Å². The molecule has 4 rings (SSSR count). The number of aryl methyl sites for hydroxylation is 1. The molecule has 1 heterocycles. The van der Waals surface area contributed by atoms with Crippen molar-refractivity contribution < 1.29 is 13.2 Å². The third kappa shape index (κ3) is 6.77. The normalized spacial score (nSPS) is 18.3. The number of nitrogens with zero attached hydrogens (tertiary/aromatic N) is 2. The minimum Gasteiger partial charge on any atom is -0.352 e. The SMILES string of the molecule is Cc1ccc(CNC(=O)C2CCC(CN(Cc3ccncc3)S(=O)(=O)c3ccccc3)CC2)cc1. The Kier molecular flexibility index (Phi) is 8.31. The van der Waals surface area contributed by atoms with Gasteiger partial charge in [-0.3, -0.25) is 9.78 Å². The summed E-state index contributed by atoms with van der Waals surface area (Å²) >= 11 is 0. The monoisotopic (exact) mass is 491 g/mol. The standard InChI is InChI=1S/C28H33N3O3S/c1-22-7-9-23(10-8-22)19-30-28(32)26-13-11-24(12-14-26)20-31(21-25-15-17-29-18-16-25)35(33,34)27-5-3-2-4-6-27/h2-10,15-18,24,26H,11-14,19-21H2,1H3,(H,30,32). The average molecular weight is 492 g/mol. The van der Waals surface area contributed by atoms with Crippen molar-refractivity contribution in [2.45, 2.75) is 50.6 Å². The fraction of sp³-hybridized carbons (Fsp3) is 0.357. The zero-order chi connectivity index (χ0) is 24.7. The third-order valence-corrected chi connectivity index (χ3v) is 8.58. The van der Waals surface area contributed by atoms with Gasteiger partial charge in [-0.25, -0.2) is 8.42 Å². The molecule has 0 atom stereocenters. The van der Waals surface area contributed by atoms with Crippen LogP contribution in [-0.4, -0.2) is 30.2 Å². The molecule has 0 radical (unpaired) electrons. The topological polar surface area (TPSA) is 79.4 Å². The van der Waals surface area contributed by atoms with Crippen molar-refractivity contribution in [3.05, 3.63) is 95.8 Å². The number of carbonyl (C=O) groups excluding carboxylic acids is 1. The minimum absolute atomic E-state index is 0.0175. The highest BCUT2D eigenvalue weighted by atomic mass is 32.2. The van der Waals surface area contributed by atoms with Gasteiger partial charge in [0, 0.05) is 37.9 Å². The zero-order valence-corrected chi connectivity index (χ0v) is 21.0. The molecule has 0 aliphatic heterocycles. The van der Waals surface area contributed by atoms with Crippen LogP contribution >= 0.6 is 0 Å². The predicted molar refractivity (Wildman–Crippen MR) is 137 cm³/mol. The number of benzene rings is 2. The van der Waals surface area contributed by atoms with Crippen molar-refractivity contribution >= 4 is 15.9 Å². The minimum atomic E-state index is -3.64. The van der Waals surface area contributed by atoms with Gasteiger partial charge in [0.05, 0.1) is 4.90 Å². The lowest BCUT2D eigenvalue weighted by atomic mass is 9.81. The van der Waals surface area contributed by atoms with Crippen molar-refractivity contribution in [2.24, 2.45) is 11.8 Å². The van der Waals surface area contributed by atoms with E-state index in [1.54, 1.807) is 41.0 Å². The molecule has 1 aromatic heterocycles. The van der Waals surface area contributed by atoms with Gasteiger partial charge in [0.2, 0.25) is 15.9 Å². The summed E-state index contributed by atoms with van der Waals surface area (Å²) in [5.41, 5.74) is 3.20. The second-order valence-corrected chi connectivity index (χ2v) is 11.3. The highest BCUT2D eigenvalue weighted by Gasteiger charge is 2.31. The first-order chi connectivity index (χ1) is 16.9. The van der Waals surface area contributed by atoms with Crippen molar-refractivity contribution in [3.8, 4) is 0 Å². The summed E-state index contributed by atoms with van der Waals surface area (Å²) in [6.07, 6.45) is 6.59. The molecule has 1 aliphatic carbocycles. The van der Waals surface area contributed by atoms with E-state index in [0.29, 0.717) is 24.5 Å². The third-order valence-electron chi connectivity index (χ3n) is 6.76. The van der Waals surface area contributed by atoms with Gasteiger partial charge >= 0.3 is 0 Å². The Hall–Kier alpha value is -3.03. The van der Waals surface area contributed by atoms with Crippen molar-refractivity contribution in [3.63, 3.8) is 0 Å². The van der Waals surface area contributed by atoms with E-state index >= 15 is 0 Å². The quantitative estimate of drug-likeness (QED) is 0.470. The first kappa shape index (κ1) is 25.1. The maximum absolute atomic E-state index is 13.5. The van der Waals surface area contributed by atoms with E-state index in [1.807, 2.05) is 49.4 Å². The number of carbonyl (C=O) groups is 1. The van der Waals surface area contributed by atoms with Crippen LogP contribution in [0.3, 0.4) is 0 Å². The van der Waals surface area contributed by atoms with E-state index in [9.17, 15) is 13.2 Å². The van der Waals surface area contributed by atoms with E-state index in [1.165, 1.54) is 5.56 Å². The molecule has 0 saturated heterocycles. The molecule has 184 valence electrons. The number of rotatable bonds is 9. The van der Waals surface area contributed by atoms with E-state index in [2.05, 4.69) is 10.3 Å². The second-order valence-electron chi connectivity index (χ2n) is 9.39. The summed E-state index contributed by atoms with van der Waals surface area (Å²) in [4.78, 5) is 17.1. The van der Waals surface area contributed by atoms with Crippen LogP contribution in [0, 0.1) is 18.8 Å². The Labute approximate surface area is 208 Å². The van der Waals surface area contributed by atoms with Gasteiger partial charge in [0.15, 0.2) is 0 Å². The molecule has 1 amide bonds. The fourth-order valence-electron chi connectivity index (χ4n) is 4.62. The number of sulfonamides is 1. The molecule has 0 spiro atoms. The van der Waals surface area contributed by atoms with Gasteiger partial charge in [0.25, 0.3) is 0 Å². The van der Waals surface area contributed by atoms with Gasteiger partial charge < -0.3 is 5.32 Å². The Balaban J connectivity index is 1.37. The second kappa shape index (κ2) is 11.6. The molecular formula is C28H33N3O3S. The lowest BCUT2D eigenvalue weighted by molar-refractivity contribution is -0.126. The Morgan fingerprint density at radius 3 is 2.23 bits per heavy atom. The number of aromatic nitrogens is 1.